The molecule has 1 N–H and O–H groups in total. The number of piperidine rings is 1. The summed E-state index contributed by atoms with van der Waals surface area (Å²) in [5.74, 6) is 3.76. The van der Waals surface area contributed by atoms with E-state index < -0.39 is 0 Å². The maximum absolute atomic E-state index is 12.8. The Morgan fingerprint density at radius 1 is 0.947 bits per heavy atom. The molecule has 1 aliphatic rings. The zero-order chi connectivity index (χ0) is 26.3. The number of anilines is 1. The smallest absolute Gasteiger partial charge is 0.241 e. The van der Waals surface area contributed by atoms with Crippen LogP contribution in [0.4, 0.5) is 5.69 Å². The first-order valence-corrected chi connectivity index (χ1v) is 12.5. The Morgan fingerprint density at radius 2 is 1.66 bits per heavy atom. The molecule has 196 valence electrons. The molecule has 3 aromatic carbocycles. The van der Waals surface area contributed by atoms with Crippen molar-refractivity contribution in [1.82, 2.24) is 15.0 Å². The lowest BCUT2D eigenvalue weighted by Crippen LogP contribution is -2.37. The van der Waals surface area contributed by atoms with Crippen molar-refractivity contribution in [2.45, 2.75) is 19.4 Å². The summed E-state index contributed by atoms with van der Waals surface area (Å²) in [6.07, 6.45) is 1.52. The second kappa shape index (κ2) is 11.8. The van der Waals surface area contributed by atoms with Gasteiger partial charge in [0.2, 0.25) is 17.6 Å². The highest BCUT2D eigenvalue weighted by molar-refractivity contribution is 5.92. The van der Waals surface area contributed by atoms with Crippen LogP contribution in [0.3, 0.4) is 0 Å². The van der Waals surface area contributed by atoms with Crippen LogP contribution in [0, 0.1) is 5.92 Å². The zero-order valence-corrected chi connectivity index (χ0v) is 21.4. The molecule has 0 unspecified atom stereocenters. The van der Waals surface area contributed by atoms with Crippen LogP contribution in [0.25, 0.3) is 11.4 Å². The number of carbonyl (C=O) groups is 1. The number of amides is 1. The number of hydrogen-bond acceptors (Lipinski definition) is 8. The molecule has 0 atom stereocenters. The molecular weight excluding hydrogens is 484 g/mol. The Balaban J connectivity index is 1.10. The number of rotatable bonds is 9. The Morgan fingerprint density at radius 3 is 2.37 bits per heavy atom. The van der Waals surface area contributed by atoms with Crippen LogP contribution < -0.4 is 19.5 Å². The van der Waals surface area contributed by atoms with E-state index in [4.69, 9.17) is 18.7 Å². The summed E-state index contributed by atoms with van der Waals surface area (Å²) in [6.45, 7) is 2.09. The molecule has 1 aliphatic heterocycles. The van der Waals surface area contributed by atoms with Crippen molar-refractivity contribution in [2.24, 2.45) is 5.92 Å². The van der Waals surface area contributed by atoms with E-state index in [9.17, 15) is 4.79 Å². The van der Waals surface area contributed by atoms with Gasteiger partial charge in [-0.15, -0.1) is 0 Å². The summed E-state index contributed by atoms with van der Waals surface area (Å²) in [6, 6.07) is 22.5. The van der Waals surface area contributed by atoms with Crippen LogP contribution in [0.15, 0.2) is 77.3 Å². The topological polar surface area (TPSA) is 99.0 Å². The third kappa shape index (κ3) is 6.12. The van der Waals surface area contributed by atoms with E-state index in [-0.39, 0.29) is 11.8 Å². The first kappa shape index (κ1) is 25.3. The van der Waals surface area contributed by atoms with Crippen LogP contribution in [0.2, 0.25) is 0 Å². The van der Waals surface area contributed by atoms with Gasteiger partial charge in [0.1, 0.15) is 11.5 Å². The summed E-state index contributed by atoms with van der Waals surface area (Å²) in [7, 11) is 3.18. The molecule has 9 nitrogen and oxygen atoms in total. The molecule has 0 radical (unpaired) electrons. The van der Waals surface area contributed by atoms with Gasteiger partial charge in [-0.3, -0.25) is 9.69 Å². The number of nitrogens with zero attached hydrogens (tertiary/aromatic N) is 3. The number of hydrogen-bond donors (Lipinski definition) is 1. The first-order chi connectivity index (χ1) is 18.6. The van der Waals surface area contributed by atoms with Gasteiger partial charge in [-0.05, 0) is 80.5 Å². The van der Waals surface area contributed by atoms with Crippen molar-refractivity contribution in [3.63, 3.8) is 0 Å². The number of methoxy groups -OCH3 is 2. The highest BCUT2D eigenvalue weighted by atomic mass is 16.5. The molecule has 0 bridgehead atoms. The van der Waals surface area contributed by atoms with Crippen LogP contribution in [-0.2, 0) is 11.3 Å². The Bertz CT molecular complexity index is 1350. The number of benzene rings is 3. The molecule has 0 spiro atoms. The minimum absolute atomic E-state index is 0.0370. The van der Waals surface area contributed by atoms with Crippen molar-refractivity contribution in [3.05, 3.63) is 78.7 Å². The molecule has 2 heterocycles. The normalized spacial score (nSPS) is 14.2. The zero-order valence-electron chi connectivity index (χ0n) is 21.4. The van der Waals surface area contributed by atoms with Crippen molar-refractivity contribution in [3.8, 4) is 34.4 Å². The van der Waals surface area contributed by atoms with Crippen molar-refractivity contribution in [2.75, 3.05) is 32.6 Å². The van der Waals surface area contributed by atoms with E-state index in [1.165, 1.54) is 0 Å². The first-order valence-electron chi connectivity index (χ1n) is 12.5. The molecule has 0 aliphatic carbocycles. The molecule has 1 amide bonds. The lowest BCUT2D eigenvalue weighted by molar-refractivity contribution is -0.121. The lowest BCUT2D eigenvalue weighted by Gasteiger charge is -2.30. The van der Waals surface area contributed by atoms with Crippen molar-refractivity contribution < 1.29 is 23.5 Å². The largest absolute Gasteiger partial charge is 0.493 e. The molecule has 4 aromatic rings. The van der Waals surface area contributed by atoms with Gasteiger partial charge < -0.3 is 24.1 Å². The maximum Gasteiger partial charge on any atom is 0.241 e. The predicted molar refractivity (Wildman–Crippen MR) is 142 cm³/mol. The quantitative estimate of drug-likeness (QED) is 0.317. The molecule has 1 saturated heterocycles. The number of para-hydroxylation sites is 1. The van der Waals surface area contributed by atoms with Gasteiger partial charge in [-0.1, -0.05) is 23.4 Å². The van der Waals surface area contributed by atoms with E-state index in [1.54, 1.807) is 14.2 Å². The number of ether oxygens (including phenoxy) is 3. The highest BCUT2D eigenvalue weighted by Crippen LogP contribution is 2.31. The van der Waals surface area contributed by atoms with Gasteiger partial charge in [0.15, 0.2) is 11.5 Å². The SMILES string of the molecule is COc1ccc(-c2noc(CN3CCC(C(=O)Nc4ccc(Oc5ccccc5)cc4)CC3)n2)cc1OC. The number of carbonyl (C=O) groups excluding carboxylic acids is 1. The van der Waals surface area contributed by atoms with Gasteiger partial charge in [0.05, 0.1) is 20.8 Å². The minimum Gasteiger partial charge on any atom is -0.493 e. The fourth-order valence-corrected chi connectivity index (χ4v) is 4.43. The minimum atomic E-state index is -0.0449. The van der Waals surface area contributed by atoms with Crippen LogP contribution in [0.1, 0.15) is 18.7 Å². The van der Waals surface area contributed by atoms with Crippen molar-refractivity contribution >= 4 is 11.6 Å². The van der Waals surface area contributed by atoms with E-state index in [0.717, 1.165) is 48.7 Å². The molecule has 0 saturated carbocycles. The summed E-state index contributed by atoms with van der Waals surface area (Å²) in [4.78, 5) is 19.6. The fraction of sp³-hybridized carbons (Fsp3) is 0.276. The summed E-state index contributed by atoms with van der Waals surface area (Å²) < 4.78 is 22.0. The Hall–Kier alpha value is -4.37. The summed E-state index contributed by atoms with van der Waals surface area (Å²) in [5.41, 5.74) is 1.54. The number of nitrogens with one attached hydrogen (secondary N) is 1. The van der Waals surface area contributed by atoms with Gasteiger partial charge in [-0.2, -0.15) is 4.98 Å². The number of aromatic nitrogens is 2. The average molecular weight is 515 g/mol. The highest BCUT2D eigenvalue weighted by Gasteiger charge is 2.26. The van der Waals surface area contributed by atoms with Gasteiger partial charge >= 0.3 is 0 Å². The molecule has 1 fully saturated rings. The molecule has 1 aromatic heterocycles. The van der Waals surface area contributed by atoms with E-state index in [2.05, 4.69) is 20.4 Å². The van der Waals surface area contributed by atoms with Gasteiger partial charge in [-0.25, -0.2) is 0 Å². The predicted octanol–water partition coefficient (Wildman–Crippen LogP) is 5.40. The lowest BCUT2D eigenvalue weighted by atomic mass is 9.96. The van der Waals surface area contributed by atoms with E-state index in [1.807, 2.05) is 72.8 Å². The van der Waals surface area contributed by atoms with Crippen LogP contribution in [-0.4, -0.2) is 48.3 Å². The number of likely N-dealkylation sites (tertiary alicyclic amines) is 1. The molecule has 38 heavy (non-hydrogen) atoms. The summed E-state index contributed by atoms with van der Waals surface area (Å²) >= 11 is 0. The average Bonchev–Trinajstić information content (AvgIpc) is 3.43. The van der Waals surface area contributed by atoms with Crippen LogP contribution in [0.5, 0.6) is 23.0 Å². The van der Waals surface area contributed by atoms with Gasteiger partial charge in [0, 0.05) is 17.2 Å². The molecule has 9 heteroatoms. The van der Waals surface area contributed by atoms with Gasteiger partial charge in [0.25, 0.3) is 0 Å². The fourth-order valence-electron chi connectivity index (χ4n) is 4.43. The Kier molecular flexibility index (Phi) is 7.84. The van der Waals surface area contributed by atoms with E-state index >= 15 is 0 Å². The monoisotopic (exact) mass is 514 g/mol. The Labute approximate surface area is 221 Å². The second-order valence-corrected chi connectivity index (χ2v) is 9.06. The third-order valence-electron chi connectivity index (χ3n) is 6.53. The van der Waals surface area contributed by atoms with Crippen molar-refractivity contribution in [1.29, 1.82) is 0 Å². The maximum atomic E-state index is 12.8. The molecular formula is C29H30N4O5. The third-order valence-corrected chi connectivity index (χ3v) is 6.53. The standard InChI is InChI=1S/C29H30N4O5/c1-35-25-13-8-21(18-26(25)36-2)28-31-27(38-32-28)19-33-16-14-20(15-17-33)29(34)30-22-9-11-24(12-10-22)37-23-6-4-3-5-7-23/h3-13,18,20H,14-17,19H2,1-2H3,(H,30,34). The second-order valence-electron chi connectivity index (χ2n) is 9.06. The molecule has 5 rings (SSSR count). The summed E-state index contributed by atoms with van der Waals surface area (Å²) in [5, 5.41) is 7.15. The van der Waals surface area contributed by atoms with Crippen LogP contribution >= 0.6 is 0 Å². The van der Waals surface area contributed by atoms with E-state index in [0.29, 0.717) is 29.8 Å².